The molecule has 3 rings (SSSR count). The molecule has 0 bridgehead atoms. The molecule has 1 aromatic rings. The van der Waals surface area contributed by atoms with Gasteiger partial charge in [0.25, 0.3) is 0 Å². The summed E-state index contributed by atoms with van der Waals surface area (Å²) in [6.45, 7) is 4.56. The third-order valence-corrected chi connectivity index (χ3v) is 6.93. The summed E-state index contributed by atoms with van der Waals surface area (Å²) in [6.07, 6.45) is 26.6. The zero-order valence-electron chi connectivity index (χ0n) is 17.7. The lowest BCUT2D eigenvalue weighted by Crippen LogP contribution is -2.15. The van der Waals surface area contributed by atoms with Crippen LogP contribution in [0.15, 0.2) is 24.5 Å². The predicted molar refractivity (Wildman–Crippen MR) is 115 cm³/mol. The Morgan fingerprint density at radius 3 is 1.96 bits per heavy atom. The van der Waals surface area contributed by atoms with Gasteiger partial charge in [0.15, 0.2) is 0 Å². The lowest BCUT2D eigenvalue weighted by Gasteiger charge is -2.28. The second-order valence-corrected chi connectivity index (χ2v) is 9.12. The molecular weight excluding hydrogens is 328 g/mol. The second-order valence-electron chi connectivity index (χ2n) is 9.12. The molecule has 0 aromatic carbocycles. The van der Waals surface area contributed by atoms with Crippen LogP contribution < -0.4 is 0 Å². The zero-order valence-corrected chi connectivity index (χ0v) is 17.7. The predicted octanol–water partition coefficient (Wildman–Crippen LogP) is 7.26. The SMILES string of the molecule is CCCCc1cnc(C2CCC(/C=C/C3CCC(CCC)CC3)CC2)nc1. The van der Waals surface area contributed by atoms with E-state index in [1.54, 1.807) is 0 Å². The number of rotatable bonds is 8. The Morgan fingerprint density at radius 2 is 1.41 bits per heavy atom. The number of aromatic nitrogens is 2. The first-order chi connectivity index (χ1) is 13.3. The highest BCUT2D eigenvalue weighted by Crippen LogP contribution is 2.36. The van der Waals surface area contributed by atoms with E-state index in [4.69, 9.17) is 9.97 Å². The molecule has 0 spiro atoms. The van der Waals surface area contributed by atoms with E-state index in [-0.39, 0.29) is 0 Å². The van der Waals surface area contributed by atoms with Gasteiger partial charge in [0.1, 0.15) is 5.82 Å². The van der Waals surface area contributed by atoms with Crippen LogP contribution >= 0.6 is 0 Å². The molecule has 0 unspecified atom stereocenters. The van der Waals surface area contributed by atoms with Gasteiger partial charge in [-0.25, -0.2) is 9.97 Å². The Balaban J connectivity index is 1.40. The Morgan fingerprint density at radius 1 is 0.815 bits per heavy atom. The monoisotopic (exact) mass is 368 g/mol. The topological polar surface area (TPSA) is 25.8 Å². The highest BCUT2D eigenvalue weighted by molar-refractivity contribution is 5.09. The fourth-order valence-corrected chi connectivity index (χ4v) is 5.05. The summed E-state index contributed by atoms with van der Waals surface area (Å²) in [4.78, 5) is 9.39. The molecule has 0 saturated heterocycles. The van der Waals surface area contributed by atoms with Crippen molar-refractivity contribution < 1.29 is 0 Å². The van der Waals surface area contributed by atoms with Crippen molar-refractivity contribution in [1.82, 2.24) is 9.97 Å². The van der Waals surface area contributed by atoms with E-state index in [0.717, 1.165) is 30.0 Å². The van der Waals surface area contributed by atoms with E-state index in [1.165, 1.54) is 82.6 Å². The molecule has 2 fully saturated rings. The second kappa shape index (κ2) is 11.0. The van der Waals surface area contributed by atoms with Gasteiger partial charge in [0.05, 0.1) is 0 Å². The maximum Gasteiger partial charge on any atom is 0.131 e. The van der Waals surface area contributed by atoms with E-state index >= 15 is 0 Å². The summed E-state index contributed by atoms with van der Waals surface area (Å²) in [5.74, 6) is 4.34. The lowest BCUT2D eigenvalue weighted by molar-refractivity contribution is 0.292. The summed E-state index contributed by atoms with van der Waals surface area (Å²) < 4.78 is 0. The van der Waals surface area contributed by atoms with Crippen LogP contribution in [0.2, 0.25) is 0 Å². The van der Waals surface area contributed by atoms with Crippen LogP contribution in [-0.4, -0.2) is 9.97 Å². The molecule has 0 radical (unpaired) electrons. The average Bonchev–Trinajstić information content (AvgIpc) is 2.73. The molecule has 0 amide bonds. The molecule has 0 aliphatic heterocycles. The van der Waals surface area contributed by atoms with Crippen molar-refractivity contribution in [2.45, 2.75) is 103 Å². The minimum Gasteiger partial charge on any atom is -0.241 e. The molecule has 2 aliphatic rings. The van der Waals surface area contributed by atoms with Crippen molar-refractivity contribution in [3.8, 4) is 0 Å². The molecule has 2 aliphatic carbocycles. The largest absolute Gasteiger partial charge is 0.241 e. The molecule has 2 heteroatoms. The van der Waals surface area contributed by atoms with Crippen LogP contribution in [0.5, 0.6) is 0 Å². The van der Waals surface area contributed by atoms with Crippen molar-refractivity contribution >= 4 is 0 Å². The van der Waals surface area contributed by atoms with Gasteiger partial charge in [0, 0.05) is 18.3 Å². The highest BCUT2D eigenvalue weighted by atomic mass is 14.9. The van der Waals surface area contributed by atoms with Crippen LogP contribution in [0, 0.1) is 17.8 Å². The number of aryl methyl sites for hydroxylation is 1. The quantitative estimate of drug-likeness (QED) is 0.451. The summed E-state index contributed by atoms with van der Waals surface area (Å²) in [6, 6.07) is 0. The maximum absolute atomic E-state index is 4.69. The number of allylic oxidation sites excluding steroid dienone is 2. The molecule has 1 heterocycles. The number of nitrogens with zero attached hydrogens (tertiary/aromatic N) is 2. The van der Waals surface area contributed by atoms with Crippen molar-refractivity contribution in [1.29, 1.82) is 0 Å². The van der Waals surface area contributed by atoms with Crippen LogP contribution in [0.1, 0.15) is 108 Å². The maximum atomic E-state index is 4.69. The average molecular weight is 369 g/mol. The summed E-state index contributed by atoms with van der Waals surface area (Å²) in [5.41, 5.74) is 1.30. The number of hydrogen-bond donors (Lipinski definition) is 0. The lowest BCUT2D eigenvalue weighted by atomic mass is 9.78. The first-order valence-electron chi connectivity index (χ1n) is 11.8. The third-order valence-electron chi connectivity index (χ3n) is 6.93. The standard InChI is InChI=1S/C25H40N2/c1-3-5-7-23-18-26-25(27-19-23)24-16-14-22(15-17-24)13-12-21-10-8-20(6-4-2)9-11-21/h12-13,18-22,24H,3-11,14-17H2,1-2H3/b13-12+. The van der Waals surface area contributed by atoms with Crippen molar-refractivity contribution in [2.24, 2.45) is 17.8 Å². The van der Waals surface area contributed by atoms with Gasteiger partial charge in [-0.3, -0.25) is 0 Å². The van der Waals surface area contributed by atoms with E-state index < -0.39 is 0 Å². The van der Waals surface area contributed by atoms with E-state index in [9.17, 15) is 0 Å². The van der Waals surface area contributed by atoms with Gasteiger partial charge >= 0.3 is 0 Å². The van der Waals surface area contributed by atoms with Crippen LogP contribution in [0.25, 0.3) is 0 Å². The summed E-state index contributed by atoms with van der Waals surface area (Å²) >= 11 is 0. The van der Waals surface area contributed by atoms with Gasteiger partial charge in [-0.05, 0) is 87.5 Å². The fraction of sp³-hybridized carbons (Fsp3) is 0.760. The molecule has 2 saturated carbocycles. The van der Waals surface area contributed by atoms with Crippen molar-refractivity contribution in [3.05, 3.63) is 35.9 Å². The molecule has 0 atom stereocenters. The smallest absolute Gasteiger partial charge is 0.131 e. The Bertz CT molecular complexity index is 546. The highest BCUT2D eigenvalue weighted by Gasteiger charge is 2.24. The molecule has 0 N–H and O–H groups in total. The molecule has 150 valence electrons. The first kappa shape index (κ1) is 20.6. The van der Waals surface area contributed by atoms with Gasteiger partial charge in [-0.2, -0.15) is 0 Å². The first-order valence-corrected chi connectivity index (χ1v) is 11.8. The van der Waals surface area contributed by atoms with Crippen LogP contribution in [0.3, 0.4) is 0 Å². The minimum absolute atomic E-state index is 0.583. The van der Waals surface area contributed by atoms with E-state index in [2.05, 4.69) is 38.4 Å². The fourth-order valence-electron chi connectivity index (χ4n) is 5.05. The minimum atomic E-state index is 0.583. The molecule has 2 nitrogen and oxygen atoms in total. The van der Waals surface area contributed by atoms with Gasteiger partial charge in [0.2, 0.25) is 0 Å². The molecule has 1 aromatic heterocycles. The van der Waals surface area contributed by atoms with Gasteiger partial charge in [-0.1, -0.05) is 45.3 Å². The third kappa shape index (κ3) is 6.43. The Hall–Kier alpha value is -1.18. The van der Waals surface area contributed by atoms with Crippen LogP contribution in [0.4, 0.5) is 0 Å². The summed E-state index contributed by atoms with van der Waals surface area (Å²) in [5, 5.41) is 0. The number of unbranched alkanes of at least 4 members (excludes halogenated alkanes) is 1. The van der Waals surface area contributed by atoms with Crippen molar-refractivity contribution in [2.75, 3.05) is 0 Å². The normalized spacial score (nSPS) is 29.3. The number of hydrogen-bond acceptors (Lipinski definition) is 2. The zero-order chi connectivity index (χ0) is 18.9. The van der Waals surface area contributed by atoms with Gasteiger partial charge in [-0.15, -0.1) is 0 Å². The van der Waals surface area contributed by atoms with Gasteiger partial charge < -0.3 is 0 Å². The van der Waals surface area contributed by atoms with E-state index in [0.29, 0.717) is 5.92 Å². The van der Waals surface area contributed by atoms with Crippen LogP contribution in [-0.2, 0) is 6.42 Å². The van der Waals surface area contributed by atoms with E-state index in [1.807, 2.05) is 0 Å². The molecule has 27 heavy (non-hydrogen) atoms. The molecular formula is C25H40N2. The summed E-state index contributed by atoms with van der Waals surface area (Å²) in [7, 11) is 0. The Labute approximate surface area is 167 Å². The van der Waals surface area contributed by atoms with Crippen molar-refractivity contribution in [3.63, 3.8) is 0 Å². The Kier molecular flexibility index (Phi) is 8.35.